The molecule has 0 saturated heterocycles. The third-order valence-electron chi connectivity index (χ3n) is 4.15. The van der Waals surface area contributed by atoms with Gasteiger partial charge in [-0.1, -0.05) is 30.3 Å². The highest BCUT2D eigenvalue weighted by Crippen LogP contribution is 2.29. The van der Waals surface area contributed by atoms with E-state index in [1.807, 2.05) is 42.3 Å². The Kier molecular flexibility index (Phi) is 5.63. The minimum atomic E-state index is -4.41. The number of amides is 1. The molecule has 3 aromatic rings. The monoisotopic (exact) mass is 385 g/mol. The largest absolute Gasteiger partial charge is 0.416 e. The molecule has 0 saturated carbocycles. The summed E-state index contributed by atoms with van der Waals surface area (Å²) in [6, 6.07) is 17.6. The Morgan fingerprint density at radius 1 is 1.00 bits per heavy atom. The van der Waals surface area contributed by atoms with Gasteiger partial charge in [-0.3, -0.25) is 4.79 Å². The third kappa shape index (κ3) is 4.88. The van der Waals surface area contributed by atoms with Crippen LogP contribution in [0.1, 0.15) is 21.6 Å². The van der Waals surface area contributed by atoms with Gasteiger partial charge in [0.1, 0.15) is 5.69 Å². The molecule has 0 aliphatic carbocycles. The summed E-state index contributed by atoms with van der Waals surface area (Å²) in [7, 11) is 1.92. The summed E-state index contributed by atoms with van der Waals surface area (Å²) in [5.74, 6) is -0.489. The first-order chi connectivity index (χ1) is 13.3. The third-order valence-corrected chi connectivity index (χ3v) is 4.15. The molecule has 0 radical (unpaired) electrons. The van der Waals surface area contributed by atoms with E-state index >= 15 is 0 Å². The Bertz CT molecular complexity index is 924. The van der Waals surface area contributed by atoms with E-state index in [0.717, 1.165) is 23.4 Å². The number of pyridine rings is 1. The van der Waals surface area contributed by atoms with Crippen molar-refractivity contribution in [2.45, 2.75) is 12.7 Å². The van der Waals surface area contributed by atoms with Crippen LogP contribution in [0.4, 0.5) is 24.5 Å². The minimum absolute atomic E-state index is 0.178. The molecule has 144 valence electrons. The number of hydrogen-bond acceptors (Lipinski definition) is 3. The SMILES string of the molecule is CN(Cc1ccccc1)c1ccc(C(=O)Nc2ccc(C(F)(F)F)cc2)nc1. The van der Waals surface area contributed by atoms with E-state index in [2.05, 4.69) is 10.3 Å². The maximum Gasteiger partial charge on any atom is 0.416 e. The molecule has 1 heterocycles. The van der Waals surface area contributed by atoms with Gasteiger partial charge in [-0.05, 0) is 42.0 Å². The zero-order valence-corrected chi connectivity index (χ0v) is 15.1. The molecule has 0 aliphatic heterocycles. The van der Waals surface area contributed by atoms with Crippen LogP contribution in [-0.4, -0.2) is 17.9 Å². The number of nitrogens with one attached hydrogen (secondary N) is 1. The summed E-state index contributed by atoms with van der Waals surface area (Å²) in [5.41, 5.74) is 1.67. The van der Waals surface area contributed by atoms with E-state index in [1.165, 1.54) is 12.1 Å². The molecule has 0 bridgehead atoms. The quantitative estimate of drug-likeness (QED) is 0.673. The van der Waals surface area contributed by atoms with Gasteiger partial charge in [0.15, 0.2) is 0 Å². The molecule has 3 rings (SSSR count). The van der Waals surface area contributed by atoms with Crippen molar-refractivity contribution < 1.29 is 18.0 Å². The predicted molar refractivity (Wildman–Crippen MR) is 102 cm³/mol. The number of aromatic nitrogens is 1. The second-order valence-electron chi connectivity index (χ2n) is 6.27. The number of carbonyl (C=O) groups is 1. The average Bonchev–Trinajstić information content (AvgIpc) is 2.68. The van der Waals surface area contributed by atoms with Crippen LogP contribution >= 0.6 is 0 Å². The molecule has 0 fully saturated rings. The van der Waals surface area contributed by atoms with Crippen molar-refractivity contribution in [3.63, 3.8) is 0 Å². The van der Waals surface area contributed by atoms with E-state index in [-0.39, 0.29) is 11.4 Å². The normalized spacial score (nSPS) is 11.1. The van der Waals surface area contributed by atoms with Crippen LogP contribution in [0.25, 0.3) is 0 Å². The van der Waals surface area contributed by atoms with Crippen molar-refractivity contribution in [3.05, 3.63) is 89.7 Å². The van der Waals surface area contributed by atoms with Gasteiger partial charge in [0, 0.05) is 19.3 Å². The molecule has 4 nitrogen and oxygen atoms in total. The summed E-state index contributed by atoms with van der Waals surface area (Å²) < 4.78 is 37.8. The van der Waals surface area contributed by atoms with Crippen LogP contribution in [0, 0.1) is 0 Å². The highest BCUT2D eigenvalue weighted by molar-refractivity contribution is 6.02. The Labute approximate surface area is 160 Å². The first-order valence-electron chi connectivity index (χ1n) is 8.52. The average molecular weight is 385 g/mol. The molecule has 0 aliphatic rings. The Morgan fingerprint density at radius 3 is 2.25 bits per heavy atom. The lowest BCUT2D eigenvalue weighted by Gasteiger charge is -2.19. The van der Waals surface area contributed by atoms with E-state index in [9.17, 15) is 18.0 Å². The van der Waals surface area contributed by atoms with Crippen LogP contribution in [0.5, 0.6) is 0 Å². The van der Waals surface area contributed by atoms with Crippen molar-refractivity contribution in [2.24, 2.45) is 0 Å². The maximum absolute atomic E-state index is 12.6. The van der Waals surface area contributed by atoms with Crippen molar-refractivity contribution in [3.8, 4) is 0 Å². The zero-order chi connectivity index (χ0) is 20.1. The number of anilines is 2. The van der Waals surface area contributed by atoms with Crippen molar-refractivity contribution in [1.29, 1.82) is 0 Å². The predicted octanol–water partition coefficient (Wildman–Crippen LogP) is 4.99. The molecule has 1 aromatic heterocycles. The summed E-state index contributed by atoms with van der Waals surface area (Å²) in [5, 5.41) is 2.54. The van der Waals surface area contributed by atoms with E-state index in [1.54, 1.807) is 18.3 Å². The molecule has 7 heteroatoms. The smallest absolute Gasteiger partial charge is 0.369 e. The standard InChI is InChI=1S/C21H18F3N3O/c1-27(14-15-5-3-2-4-6-15)18-11-12-19(25-13-18)20(28)26-17-9-7-16(8-10-17)21(22,23)24/h2-13H,14H2,1H3,(H,26,28). The van der Waals surface area contributed by atoms with E-state index < -0.39 is 17.6 Å². The number of halogens is 3. The van der Waals surface area contributed by atoms with Gasteiger partial charge in [0.05, 0.1) is 17.4 Å². The highest BCUT2D eigenvalue weighted by Gasteiger charge is 2.30. The van der Waals surface area contributed by atoms with E-state index in [0.29, 0.717) is 6.54 Å². The van der Waals surface area contributed by atoms with Gasteiger partial charge in [-0.15, -0.1) is 0 Å². The fraction of sp³-hybridized carbons (Fsp3) is 0.143. The number of carbonyl (C=O) groups excluding carboxylic acids is 1. The summed E-state index contributed by atoms with van der Waals surface area (Å²) in [4.78, 5) is 18.4. The molecule has 2 aromatic carbocycles. The molecule has 0 unspecified atom stereocenters. The molecule has 1 amide bonds. The van der Waals surface area contributed by atoms with Crippen LogP contribution in [0.3, 0.4) is 0 Å². The molecular weight excluding hydrogens is 367 g/mol. The maximum atomic E-state index is 12.6. The van der Waals surface area contributed by atoms with E-state index in [4.69, 9.17) is 0 Å². The lowest BCUT2D eigenvalue weighted by molar-refractivity contribution is -0.137. The number of rotatable bonds is 5. The minimum Gasteiger partial charge on any atom is -0.369 e. The molecular formula is C21H18F3N3O. The number of alkyl halides is 3. The molecule has 1 N–H and O–H groups in total. The summed E-state index contributed by atoms with van der Waals surface area (Å²) >= 11 is 0. The van der Waals surface area contributed by atoms with Crippen molar-refractivity contribution >= 4 is 17.3 Å². The van der Waals surface area contributed by atoms with Crippen LogP contribution < -0.4 is 10.2 Å². The van der Waals surface area contributed by atoms with Crippen LogP contribution in [0.2, 0.25) is 0 Å². The van der Waals surface area contributed by atoms with Gasteiger partial charge < -0.3 is 10.2 Å². The Hall–Kier alpha value is -3.35. The van der Waals surface area contributed by atoms with Crippen LogP contribution in [-0.2, 0) is 12.7 Å². The summed E-state index contributed by atoms with van der Waals surface area (Å²) in [6.07, 6.45) is -2.82. The first-order valence-corrected chi connectivity index (χ1v) is 8.52. The number of hydrogen-bond donors (Lipinski definition) is 1. The van der Waals surface area contributed by atoms with Gasteiger partial charge in [0.25, 0.3) is 5.91 Å². The Morgan fingerprint density at radius 2 is 1.68 bits per heavy atom. The van der Waals surface area contributed by atoms with Gasteiger partial charge >= 0.3 is 6.18 Å². The van der Waals surface area contributed by atoms with Crippen molar-refractivity contribution in [2.75, 3.05) is 17.3 Å². The Balaban J connectivity index is 1.63. The number of nitrogens with zero attached hydrogens (tertiary/aromatic N) is 2. The second-order valence-corrected chi connectivity index (χ2v) is 6.27. The molecule has 28 heavy (non-hydrogen) atoms. The highest BCUT2D eigenvalue weighted by atomic mass is 19.4. The first kappa shape index (κ1) is 19.4. The lowest BCUT2D eigenvalue weighted by Crippen LogP contribution is -2.18. The van der Waals surface area contributed by atoms with Gasteiger partial charge in [-0.25, -0.2) is 4.98 Å². The zero-order valence-electron chi connectivity index (χ0n) is 15.1. The topological polar surface area (TPSA) is 45.2 Å². The summed E-state index contributed by atoms with van der Waals surface area (Å²) in [6.45, 7) is 0.694. The fourth-order valence-electron chi connectivity index (χ4n) is 2.63. The molecule has 0 atom stereocenters. The fourth-order valence-corrected chi connectivity index (χ4v) is 2.63. The molecule has 0 spiro atoms. The lowest BCUT2D eigenvalue weighted by atomic mass is 10.2. The number of benzene rings is 2. The van der Waals surface area contributed by atoms with Crippen LogP contribution in [0.15, 0.2) is 72.9 Å². The second kappa shape index (κ2) is 8.12. The van der Waals surface area contributed by atoms with Crippen molar-refractivity contribution in [1.82, 2.24) is 4.98 Å². The van der Waals surface area contributed by atoms with Gasteiger partial charge in [0.2, 0.25) is 0 Å². The van der Waals surface area contributed by atoms with Gasteiger partial charge in [-0.2, -0.15) is 13.2 Å².